The van der Waals surface area contributed by atoms with Crippen LogP contribution in [0.2, 0.25) is 0 Å². The Morgan fingerprint density at radius 3 is 2.39 bits per heavy atom. The van der Waals surface area contributed by atoms with E-state index in [1.807, 2.05) is 42.2 Å². The van der Waals surface area contributed by atoms with Crippen molar-refractivity contribution in [1.82, 2.24) is 10.6 Å². The normalized spacial score (nSPS) is 9.67. The molecule has 5 nitrogen and oxygen atoms in total. The predicted octanol–water partition coefficient (Wildman–Crippen LogP) is 1.36. The number of nitrogens with one attached hydrogen (secondary N) is 2. The van der Waals surface area contributed by atoms with Gasteiger partial charge in [0, 0.05) is 18.8 Å². The molecule has 0 bridgehead atoms. The summed E-state index contributed by atoms with van der Waals surface area (Å²) in [7, 11) is 0. The molecule has 0 aliphatic rings. The Balaban J connectivity index is 2.54. The number of para-hydroxylation sites is 1. The summed E-state index contributed by atoms with van der Waals surface area (Å²) in [6.07, 6.45) is 0. The third kappa shape index (κ3) is 4.45. The Bertz CT molecular complexity index is 392. The molecule has 18 heavy (non-hydrogen) atoms. The van der Waals surface area contributed by atoms with Gasteiger partial charge in [0.05, 0.1) is 6.54 Å². The van der Waals surface area contributed by atoms with Crippen molar-refractivity contribution in [3.05, 3.63) is 30.3 Å². The van der Waals surface area contributed by atoms with Crippen molar-refractivity contribution in [1.29, 1.82) is 0 Å². The lowest BCUT2D eigenvalue weighted by atomic mass is 10.3. The summed E-state index contributed by atoms with van der Waals surface area (Å²) in [5.74, 6) is -0.313. The molecule has 0 heterocycles. The van der Waals surface area contributed by atoms with E-state index in [0.717, 1.165) is 5.69 Å². The van der Waals surface area contributed by atoms with Crippen LogP contribution < -0.4 is 15.5 Å². The minimum Gasteiger partial charge on any atom is -0.362 e. The average Bonchev–Trinajstić information content (AvgIpc) is 2.37. The minimum atomic E-state index is -0.452. The number of amides is 3. The molecule has 1 aromatic carbocycles. The maximum absolute atomic E-state index is 11.7. The van der Waals surface area contributed by atoms with E-state index in [1.165, 1.54) is 0 Å². The van der Waals surface area contributed by atoms with Crippen molar-refractivity contribution >= 4 is 17.6 Å². The first-order chi connectivity index (χ1) is 8.67. The summed E-state index contributed by atoms with van der Waals surface area (Å²) >= 11 is 0. The molecule has 0 aliphatic carbocycles. The molecule has 0 atom stereocenters. The zero-order chi connectivity index (χ0) is 13.4. The molecule has 3 amide bonds. The first kappa shape index (κ1) is 14.0. The Kier molecular flexibility index (Phi) is 5.70. The van der Waals surface area contributed by atoms with Crippen LogP contribution in [0.5, 0.6) is 0 Å². The molecule has 0 fully saturated rings. The highest BCUT2D eigenvalue weighted by Crippen LogP contribution is 2.11. The Hall–Kier alpha value is -2.04. The van der Waals surface area contributed by atoms with Gasteiger partial charge in [-0.25, -0.2) is 4.79 Å². The van der Waals surface area contributed by atoms with E-state index in [-0.39, 0.29) is 12.5 Å². The van der Waals surface area contributed by atoms with Gasteiger partial charge < -0.3 is 10.2 Å². The fourth-order valence-corrected chi connectivity index (χ4v) is 1.57. The van der Waals surface area contributed by atoms with E-state index in [1.54, 1.807) is 6.92 Å². The zero-order valence-electron chi connectivity index (χ0n) is 10.8. The number of rotatable bonds is 5. The predicted molar refractivity (Wildman–Crippen MR) is 71.5 cm³/mol. The van der Waals surface area contributed by atoms with Crippen LogP contribution in [-0.4, -0.2) is 31.6 Å². The SMILES string of the molecule is CCNC(=O)NC(=O)CN(CC)c1ccccc1. The highest BCUT2D eigenvalue weighted by atomic mass is 16.2. The van der Waals surface area contributed by atoms with E-state index >= 15 is 0 Å². The van der Waals surface area contributed by atoms with Crippen LogP contribution in [0.4, 0.5) is 10.5 Å². The highest BCUT2D eigenvalue weighted by Gasteiger charge is 2.11. The number of nitrogens with zero attached hydrogens (tertiary/aromatic N) is 1. The van der Waals surface area contributed by atoms with Gasteiger partial charge in [-0.1, -0.05) is 18.2 Å². The van der Waals surface area contributed by atoms with Crippen molar-refractivity contribution in [2.75, 3.05) is 24.5 Å². The average molecular weight is 249 g/mol. The number of benzene rings is 1. The molecule has 1 aromatic rings. The molecule has 0 unspecified atom stereocenters. The second-order valence-electron chi connectivity index (χ2n) is 3.76. The smallest absolute Gasteiger partial charge is 0.321 e. The Morgan fingerprint density at radius 2 is 1.83 bits per heavy atom. The molecule has 0 aliphatic heterocycles. The highest BCUT2D eigenvalue weighted by molar-refractivity contribution is 5.96. The van der Waals surface area contributed by atoms with Crippen molar-refractivity contribution in [2.24, 2.45) is 0 Å². The Morgan fingerprint density at radius 1 is 1.17 bits per heavy atom. The van der Waals surface area contributed by atoms with E-state index < -0.39 is 6.03 Å². The van der Waals surface area contributed by atoms with E-state index in [9.17, 15) is 9.59 Å². The first-order valence-electron chi connectivity index (χ1n) is 6.05. The lowest BCUT2D eigenvalue weighted by Gasteiger charge is -2.22. The van der Waals surface area contributed by atoms with Gasteiger partial charge in [-0.3, -0.25) is 10.1 Å². The van der Waals surface area contributed by atoms with Gasteiger partial charge in [0.15, 0.2) is 0 Å². The first-order valence-corrected chi connectivity index (χ1v) is 6.05. The van der Waals surface area contributed by atoms with Crippen molar-refractivity contribution < 1.29 is 9.59 Å². The monoisotopic (exact) mass is 249 g/mol. The van der Waals surface area contributed by atoms with Gasteiger partial charge in [0.25, 0.3) is 0 Å². The molecule has 98 valence electrons. The second-order valence-corrected chi connectivity index (χ2v) is 3.76. The van der Waals surface area contributed by atoms with Gasteiger partial charge >= 0.3 is 6.03 Å². The molecule has 0 radical (unpaired) electrons. The van der Waals surface area contributed by atoms with Crippen molar-refractivity contribution in [2.45, 2.75) is 13.8 Å². The lowest BCUT2D eigenvalue weighted by Crippen LogP contribution is -2.44. The quantitative estimate of drug-likeness (QED) is 0.828. The fourth-order valence-electron chi connectivity index (χ4n) is 1.57. The van der Waals surface area contributed by atoms with Crippen LogP contribution in [0.1, 0.15) is 13.8 Å². The number of hydrogen-bond donors (Lipinski definition) is 2. The Labute approximate surface area is 107 Å². The third-order valence-electron chi connectivity index (χ3n) is 2.43. The van der Waals surface area contributed by atoms with Crippen LogP contribution in [0.3, 0.4) is 0 Å². The zero-order valence-corrected chi connectivity index (χ0v) is 10.8. The molecular formula is C13H19N3O2. The summed E-state index contributed by atoms with van der Waals surface area (Å²) in [4.78, 5) is 24.8. The lowest BCUT2D eigenvalue weighted by molar-refractivity contribution is -0.118. The largest absolute Gasteiger partial charge is 0.362 e. The van der Waals surface area contributed by atoms with Crippen LogP contribution >= 0.6 is 0 Å². The summed E-state index contributed by atoms with van der Waals surface area (Å²) in [5, 5.41) is 4.80. The van der Waals surface area contributed by atoms with Gasteiger partial charge in [-0.05, 0) is 26.0 Å². The second kappa shape index (κ2) is 7.32. The molecule has 0 spiro atoms. The third-order valence-corrected chi connectivity index (χ3v) is 2.43. The molecule has 0 aromatic heterocycles. The minimum absolute atomic E-state index is 0.164. The topological polar surface area (TPSA) is 61.4 Å². The number of anilines is 1. The van der Waals surface area contributed by atoms with E-state index in [4.69, 9.17) is 0 Å². The van der Waals surface area contributed by atoms with E-state index in [0.29, 0.717) is 13.1 Å². The number of imide groups is 1. The number of carbonyl (C=O) groups excluding carboxylic acids is 2. The summed E-state index contributed by atoms with van der Waals surface area (Å²) in [5.41, 5.74) is 0.964. The van der Waals surface area contributed by atoms with Gasteiger partial charge in [0.2, 0.25) is 5.91 Å². The van der Waals surface area contributed by atoms with Crippen LogP contribution in [0.25, 0.3) is 0 Å². The fraction of sp³-hybridized carbons (Fsp3) is 0.385. The van der Waals surface area contributed by atoms with Crippen molar-refractivity contribution in [3.63, 3.8) is 0 Å². The molecule has 0 saturated carbocycles. The standard InChI is InChI=1S/C13H19N3O2/c1-3-14-13(18)15-12(17)10-16(4-2)11-8-6-5-7-9-11/h5-9H,3-4,10H2,1-2H3,(H2,14,15,17,18). The maximum atomic E-state index is 11.7. The molecule has 2 N–H and O–H groups in total. The number of carbonyl (C=O) groups is 2. The molecular weight excluding hydrogens is 230 g/mol. The molecule has 5 heteroatoms. The van der Waals surface area contributed by atoms with Crippen molar-refractivity contribution in [3.8, 4) is 0 Å². The summed E-state index contributed by atoms with van der Waals surface area (Å²) in [6.45, 7) is 5.12. The molecule has 1 rings (SSSR count). The number of hydrogen-bond acceptors (Lipinski definition) is 3. The van der Waals surface area contributed by atoms with Gasteiger partial charge in [0.1, 0.15) is 0 Å². The number of urea groups is 1. The summed E-state index contributed by atoms with van der Waals surface area (Å²) in [6, 6.07) is 9.17. The van der Waals surface area contributed by atoms with Crippen LogP contribution in [-0.2, 0) is 4.79 Å². The van der Waals surface area contributed by atoms with Gasteiger partial charge in [-0.15, -0.1) is 0 Å². The van der Waals surface area contributed by atoms with Gasteiger partial charge in [-0.2, -0.15) is 0 Å². The van der Waals surface area contributed by atoms with E-state index in [2.05, 4.69) is 10.6 Å². The van der Waals surface area contributed by atoms with Crippen LogP contribution in [0.15, 0.2) is 30.3 Å². The maximum Gasteiger partial charge on any atom is 0.321 e. The number of likely N-dealkylation sites (N-methyl/N-ethyl adjacent to an activating group) is 1. The van der Waals surface area contributed by atoms with Crippen LogP contribution in [0, 0.1) is 0 Å². The molecule has 0 saturated heterocycles. The summed E-state index contributed by atoms with van der Waals surface area (Å²) < 4.78 is 0.